The van der Waals surface area contributed by atoms with Gasteiger partial charge in [-0.15, -0.1) is 0 Å². The molecule has 4 heteroatoms. The zero-order chi connectivity index (χ0) is 12.0. The predicted octanol–water partition coefficient (Wildman–Crippen LogP) is 1.95. The first-order valence-electron chi connectivity index (χ1n) is 5.30. The van der Waals surface area contributed by atoms with Crippen molar-refractivity contribution in [1.82, 2.24) is 0 Å². The van der Waals surface area contributed by atoms with E-state index in [4.69, 9.17) is 15.6 Å². The number of hydrogen-bond acceptors (Lipinski definition) is 3. The highest BCUT2D eigenvalue weighted by atomic mass is 16.5. The molecule has 0 aliphatic rings. The molecule has 0 aliphatic heterocycles. The second kappa shape index (κ2) is 6.12. The molecule has 0 aromatic heterocycles. The monoisotopic (exact) mass is 223 g/mol. The highest BCUT2D eigenvalue weighted by Crippen LogP contribution is 2.23. The molecule has 0 bridgehead atoms. The number of para-hydroxylation sites is 1. The Kier molecular flexibility index (Phi) is 4.79. The number of aliphatic carboxylic acids is 1. The number of ether oxygens (including phenoxy) is 1. The average molecular weight is 223 g/mol. The van der Waals surface area contributed by atoms with Crippen molar-refractivity contribution >= 4 is 5.97 Å². The van der Waals surface area contributed by atoms with Gasteiger partial charge in [0.25, 0.3) is 0 Å². The number of hydrogen-bond donors (Lipinski definition) is 2. The van der Waals surface area contributed by atoms with E-state index in [1.54, 1.807) is 0 Å². The van der Waals surface area contributed by atoms with Gasteiger partial charge >= 0.3 is 5.97 Å². The number of carboxylic acids is 1. The Morgan fingerprint density at radius 3 is 2.81 bits per heavy atom. The van der Waals surface area contributed by atoms with Crippen molar-refractivity contribution in [3.63, 3.8) is 0 Å². The van der Waals surface area contributed by atoms with Crippen molar-refractivity contribution in [2.24, 2.45) is 5.73 Å². The fourth-order valence-corrected chi connectivity index (χ4v) is 1.39. The van der Waals surface area contributed by atoms with Gasteiger partial charge in [-0.25, -0.2) is 0 Å². The smallest absolute Gasteiger partial charge is 0.303 e. The lowest BCUT2D eigenvalue weighted by atomic mass is 10.1. The fourth-order valence-electron chi connectivity index (χ4n) is 1.39. The van der Waals surface area contributed by atoms with Crippen LogP contribution in [0.3, 0.4) is 0 Å². The van der Waals surface area contributed by atoms with E-state index in [9.17, 15) is 4.79 Å². The minimum atomic E-state index is -0.802. The van der Waals surface area contributed by atoms with Crippen molar-refractivity contribution in [1.29, 1.82) is 0 Å². The van der Waals surface area contributed by atoms with Gasteiger partial charge in [0, 0.05) is 18.0 Å². The summed E-state index contributed by atoms with van der Waals surface area (Å²) in [5, 5.41) is 8.48. The number of benzene rings is 1. The lowest BCUT2D eigenvalue weighted by molar-refractivity contribution is -0.137. The zero-order valence-electron chi connectivity index (χ0n) is 9.35. The standard InChI is InChI=1S/C12H17NO3/c1-9(13)10-5-2-3-6-11(10)16-8-4-7-12(14)15/h2-3,5-6,9H,4,7-8,13H2,1H3,(H,14,15). The Balaban J connectivity index is 2.50. The second-order valence-electron chi connectivity index (χ2n) is 3.67. The van der Waals surface area contributed by atoms with Crippen LogP contribution < -0.4 is 10.5 Å². The van der Waals surface area contributed by atoms with Gasteiger partial charge in [-0.3, -0.25) is 4.79 Å². The van der Waals surface area contributed by atoms with Crippen molar-refractivity contribution in [3.05, 3.63) is 29.8 Å². The van der Waals surface area contributed by atoms with Gasteiger partial charge in [0.05, 0.1) is 6.61 Å². The van der Waals surface area contributed by atoms with Crippen molar-refractivity contribution in [2.75, 3.05) is 6.61 Å². The Bertz CT molecular complexity index is 350. The van der Waals surface area contributed by atoms with Gasteiger partial charge in [0.1, 0.15) is 5.75 Å². The van der Waals surface area contributed by atoms with Crippen LogP contribution in [0.15, 0.2) is 24.3 Å². The average Bonchev–Trinajstić information content (AvgIpc) is 2.24. The van der Waals surface area contributed by atoms with Crippen LogP contribution in [0.25, 0.3) is 0 Å². The lowest BCUT2D eigenvalue weighted by Gasteiger charge is -2.13. The Labute approximate surface area is 95.0 Å². The van der Waals surface area contributed by atoms with E-state index in [1.165, 1.54) is 0 Å². The van der Waals surface area contributed by atoms with Crippen molar-refractivity contribution in [2.45, 2.75) is 25.8 Å². The van der Waals surface area contributed by atoms with Crippen LogP contribution in [0.4, 0.5) is 0 Å². The molecule has 0 saturated heterocycles. The molecule has 0 spiro atoms. The summed E-state index contributed by atoms with van der Waals surface area (Å²) in [5.74, 6) is -0.0630. The molecule has 1 unspecified atom stereocenters. The number of rotatable bonds is 6. The van der Waals surface area contributed by atoms with E-state index < -0.39 is 5.97 Å². The lowest BCUT2D eigenvalue weighted by Crippen LogP contribution is -2.09. The third kappa shape index (κ3) is 3.90. The quantitative estimate of drug-likeness (QED) is 0.723. The molecule has 0 aliphatic carbocycles. The molecular weight excluding hydrogens is 206 g/mol. The van der Waals surface area contributed by atoms with Gasteiger partial charge in [0.2, 0.25) is 0 Å². The maximum Gasteiger partial charge on any atom is 0.303 e. The fraction of sp³-hybridized carbons (Fsp3) is 0.417. The molecule has 0 amide bonds. The number of carboxylic acid groups (broad SMARTS) is 1. The summed E-state index contributed by atoms with van der Waals surface area (Å²) in [4.78, 5) is 10.3. The zero-order valence-corrected chi connectivity index (χ0v) is 9.35. The van der Waals surface area contributed by atoms with Gasteiger partial charge < -0.3 is 15.6 Å². The summed E-state index contributed by atoms with van der Waals surface area (Å²) in [7, 11) is 0. The van der Waals surface area contributed by atoms with Gasteiger partial charge in [-0.1, -0.05) is 18.2 Å². The molecule has 0 radical (unpaired) electrons. The Hall–Kier alpha value is -1.55. The summed E-state index contributed by atoms with van der Waals surface area (Å²) in [6.07, 6.45) is 0.628. The predicted molar refractivity (Wildman–Crippen MR) is 61.4 cm³/mol. The first kappa shape index (κ1) is 12.5. The molecule has 16 heavy (non-hydrogen) atoms. The Morgan fingerprint density at radius 1 is 1.50 bits per heavy atom. The van der Waals surface area contributed by atoms with Crippen LogP contribution in [0, 0.1) is 0 Å². The minimum Gasteiger partial charge on any atom is -0.493 e. The van der Waals surface area contributed by atoms with E-state index in [-0.39, 0.29) is 12.5 Å². The summed E-state index contributed by atoms with van der Waals surface area (Å²) < 4.78 is 5.51. The molecule has 1 aromatic carbocycles. The highest BCUT2D eigenvalue weighted by molar-refractivity contribution is 5.66. The Morgan fingerprint density at radius 2 is 2.19 bits per heavy atom. The maximum atomic E-state index is 10.3. The van der Waals surface area contributed by atoms with Crippen LogP contribution >= 0.6 is 0 Å². The molecule has 3 N–H and O–H groups in total. The number of nitrogens with two attached hydrogens (primary N) is 1. The summed E-state index contributed by atoms with van der Waals surface area (Å²) >= 11 is 0. The van der Waals surface area contributed by atoms with E-state index >= 15 is 0 Å². The highest BCUT2D eigenvalue weighted by Gasteiger charge is 2.06. The third-order valence-electron chi connectivity index (χ3n) is 2.20. The molecule has 0 saturated carbocycles. The van der Waals surface area contributed by atoms with Crippen LogP contribution in [-0.4, -0.2) is 17.7 Å². The van der Waals surface area contributed by atoms with Gasteiger partial charge in [0.15, 0.2) is 0 Å². The first-order chi connectivity index (χ1) is 7.61. The number of carbonyl (C=O) groups is 1. The topological polar surface area (TPSA) is 72.5 Å². The van der Waals surface area contributed by atoms with Crippen LogP contribution in [0.1, 0.15) is 31.4 Å². The maximum absolute atomic E-state index is 10.3. The van der Waals surface area contributed by atoms with Crippen LogP contribution in [-0.2, 0) is 4.79 Å². The second-order valence-corrected chi connectivity index (χ2v) is 3.67. The van der Waals surface area contributed by atoms with Gasteiger partial charge in [-0.05, 0) is 19.4 Å². The minimum absolute atomic E-state index is 0.0873. The van der Waals surface area contributed by atoms with Crippen molar-refractivity contribution in [3.8, 4) is 5.75 Å². The summed E-state index contributed by atoms with van der Waals surface area (Å²) in [5.41, 5.74) is 6.74. The molecule has 88 valence electrons. The van der Waals surface area contributed by atoms with E-state index in [0.29, 0.717) is 13.0 Å². The van der Waals surface area contributed by atoms with Crippen LogP contribution in [0.2, 0.25) is 0 Å². The first-order valence-corrected chi connectivity index (χ1v) is 5.30. The van der Waals surface area contributed by atoms with E-state index in [1.807, 2.05) is 31.2 Å². The summed E-state index contributed by atoms with van der Waals surface area (Å²) in [6, 6.07) is 7.45. The van der Waals surface area contributed by atoms with Crippen molar-refractivity contribution < 1.29 is 14.6 Å². The molecular formula is C12H17NO3. The van der Waals surface area contributed by atoms with Crippen LogP contribution in [0.5, 0.6) is 5.75 Å². The molecule has 1 atom stereocenters. The van der Waals surface area contributed by atoms with Gasteiger partial charge in [-0.2, -0.15) is 0 Å². The molecule has 4 nitrogen and oxygen atoms in total. The molecule has 1 aromatic rings. The third-order valence-corrected chi connectivity index (χ3v) is 2.20. The molecule has 0 fully saturated rings. The molecule has 0 heterocycles. The molecule has 1 rings (SSSR count). The summed E-state index contributed by atoms with van der Waals surface area (Å²) in [6.45, 7) is 2.29. The SMILES string of the molecule is CC(N)c1ccccc1OCCCC(=O)O. The van der Waals surface area contributed by atoms with E-state index in [2.05, 4.69) is 0 Å². The normalized spacial score (nSPS) is 12.1. The largest absolute Gasteiger partial charge is 0.493 e. The van der Waals surface area contributed by atoms with E-state index in [0.717, 1.165) is 11.3 Å².